The van der Waals surface area contributed by atoms with Gasteiger partial charge in [-0.2, -0.15) is 20.1 Å². The number of carbonyl (C=O) groups is 1. The Kier molecular flexibility index (Phi) is 4.91. The molecule has 12 nitrogen and oxygen atoms in total. The number of nitrogens with one attached hydrogen (secondary N) is 3. The van der Waals surface area contributed by atoms with Crippen LogP contribution in [0.15, 0.2) is 36.5 Å². The normalized spacial score (nSPS) is 12.4. The summed E-state index contributed by atoms with van der Waals surface area (Å²) in [7, 11) is 5.01. The maximum absolute atomic E-state index is 12.7. The van der Waals surface area contributed by atoms with Gasteiger partial charge in [-0.05, 0) is 19.1 Å². The Morgan fingerprint density at radius 3 is 2.61 bits per heavy atom. The number of amides is 1. The topological polar surface area (TPSA) is 137 Å². The molecule has 3 heterocycles. The van der Waals surface area contributed by atoms with Crippen molar-refractivity contribution in [2.45, 2.75) is 6.92 Å². The highest BCUT2D eigenvalue weighted by Gasteiger charge is 2.19. The average molecular weight is 452 g/mol. The van der Waals surface area contributed by atoms with E-state index in [1.54, 1.807) is 37.1 Å². The Morgan fingerprint density at radius 2 is 1.94 bits per heavy atom. The molecule has 3 aromatic heterocycles. The Morgan fingerprint density at radius 1 is 1.09 bits per heavy atom. The van der Waals surface area contributed by atoms with Gasteiger partial charge in [0.15, 0.2) is 23.1 Å². The summed E-state index contributed by atoms with van der Waals surface area (Å²) in [5.41, 5.74) is 2.61. The van der Waals surface area contributed by atoms with Crippen molar-refractivity contribution in [1.82, 2.24) is 40.3 Å². The molecule has 0 unspecified atom stereocenters. The smallest absolute Gasteiger partial charge is 0.273 e. The van der Waals surface area contributed by atoms with Crippen LogP contribution < -0.4 is 20.7 Å². The molecule has 4 aromatic rings. The minimum absolute atomic E-state index is 0.191. The summed E-state index contributed by atoms with van der Waals surface area (Å²) in [6.45, 7) is -0.808. The molecule has 170 valence electrons. The molecule has 1 amide bonds. The summed E-state index contributed by atoms with van der Waals surface area (Å²) in [4.78, 5) is 14.2. The van der Waals surface area contributed by atoms with Gasteiger partial charge in [-0.1, -0.05) is 6.07 Å². The zero-order valence-electron chi connectivity index (χ0n) is 21.4. The predicted octanol–water partition coefficient (Wildman–Crippen LogP) is 2.17. The Balaban J connectivity index is 1.75. The number of para-hydroxylation sites is 1. The zero-order chi connectivity index (χ0) is 26.0. The monoisotopic (exact) mass is 451 g/mol. The number of carbonyl (C=O) groups excluding carboxylic acids is 1. The van der Waals surface area contributed by atoms with Crippen molar-refractivity contribution < 1.29 is 13.6 Å². The van der Waals surface area contributed by atoms with Gasteiger partial charge in [-0.15, -0.1) is 10.2 Å². The molecule has 0 saturated carbocycles. The van der Waals surface area contributed by atoms with Crippen LogP contribution in [0.4, 0.5) is 23.0 Å². The van der Waals surface area contributed by atoms with Crippen molar-refractivity contribution in [2.75, 3.05) is 24.7 Å². The lowest BCUT2D eigenvalue weighted by Gasteiger charge is -2.16. The van der Waals surface area contributed by atoms with E-state index in [9.17, 15) is 4.79 Å². The van der Waals surface area contributed by atoms with E-state index in [1.807, 2.05) is 24.4 Å². The molecular formula is C21H24N10O2. The maximum Gasteiger partial charge on any atom is 0.273 e. The molecule has 0 atom stereocenters. The fourth-order valence-electron chi connectivity index (χ4n) is 3.20. The van der Waals surface area contributed by atoms with Crippen LogP contribution in [-0.4, -0.2) is 55.0 Å². The standard InChI is InChI=1S/C21H24N10O2/c1-12-9-18(29-30(12)3)25-17-10-15(19(27-26-17)21(32)22-2)24-14-8-6-7-13(20(14)33-5)16-11-23-31(4)28-16/h6-11H,1-5H3,(H,22,32)(H2,24,25,26,29)/i2D3. The van der Waals surface area contributed by atoms with Gasteiger partial charge in [-0.3, -0.25) is 9.48 Å². The van der Waals surface area contributed by atoms with Gasteiger partial charge in [0.25, 0.3) is 5.91 Å². The largest absolute Gasteiger partial charge is 0.494 e. The van der Waals surface area contributed by atoms with Crippen LogP contribution in [0.2, 0.25) is 0 Å². The van der Waals surface area contributed by atoms with E-state index in [4.69, 9.17) is 8.85 Å². The number of aryl methyl sites for hydroxylation is 3. The fraction of sp³-hybridized carbons (Fsp3) is 0.238. The molecule has 3 N–H and O–H groups in total. The third kappa shape index (κ3) is 4.44. The van der Waals surface area contributed by atoms with Gasteiger partial charge in [0.05, 0.1) is 24.7 Å². The highest BCUT2D eigenvalue weighted by atomic mass is 16.5. The number of anilines is 4. The van der Waals surface area contributed by atoms with Gasteiger partial charge >= 0.3 is 0 Å². The van der Waals surface area contributed by atoms with E-state index in [0.717, 1.165) is 5.69 Å². The molecule has 1 aromatic carbocycles. The average Bonchev–Trinajstić information content (AvgIpc) is 3.37. The third-order valence-corrected chi connectivity index (χ3v) is 4.86. The molecule has 12 heteroatoms. The molecular weight excluding hydrogens is 424 g/mol. The number of aromatic nitrogens is 7. The van der Waals surface area contributed by atoms with Crippen molar-refractivity contribution in [3.63, 3.8) is 0 Å². The van der Waals surface area contributed by atoms with Gasteiger partial charge in [0.1, 0.15) is 5.69 Å². The first kappa shape index (κ1) is 18.1. The van der Waals surface area contributed by atoms with Gasteiger partial charge in [-0.25, -0.2) is 0 Å². The van der Waals surface area contributed by atoms with Crippen molar-refractivity contribution in [3.05, 3.63) is 47.9 Å². The molecule has 4 rings (SSSR count). The second kappa shape index (κ2) is 8.94. The molecule has 0 saturated heterocycles. The highest BCUT2D eigenvalue weighted by molar-refractivity contribution is 5.99. The van der Waals surface area contributed by atoms with Crippen LogP contribution in [-0.2, 0) is 14.1 Å². The lowest BCUT2D eigenvalue weighted by atomic mass is 10.1. The molecule has 0 spiro atoms. The van der Waals surface area contributed by atoms with E-state index in [-0.39, 0.29) is 17.2 Å². The van der Waals surface area contributed by atoms with Gasteiger partial charge in [0.2, 0.25) is 0 Å². The van der Waals surface area contributed by atoms with E-state index in [0.29, 0.717) is 28.5 Å². The van der Waals surface area contributed by atoms with Crippen molar-refractivity contribution in [3.8, 4) is 17.0 Å². The third-order valence-electron chi connectivity index (χ3n) is 4.86. The number of hydrogen-bond acceptors (Lipinski definition) is 9. The van der Waals surface area contributed by atoms with Gasteiger partial charge < -0.3 is 20.7 Å². The lowest BCUT2D eigenvalue weighted by molar-refractivity contribution is 0.0958. The van der Waals surface area contributed by atoms with Gasteiger partial charge in [0, 0.05) is 48.6 Å². The van der Waals surface area contributed by atoms with Crippen molar-refractivity contribution >= 4 is 28.9 Å². The Hall–Kier alpha value is -4.48. The summed E-state index contributed by atoms with van der Waals surface area (Å²) >= 11 is 0. The Labute approximate surface area is 194 Å². The fourth-order valence-corrected chi connectivity index (χ4v) is 3.20. The molecule has 0 fully saturated rings. The van der Waals surface area contributed by atoms with Crippen molar-refractivity contribution in [1.29, 1.82) is 0 Å². The van der Waals surface area contributed by atoms with Crippen LogP contribution in [0.3, 0.4) is 0 Å². The second-order valence-corrected chi connectivity index (χ2v) is 7.10. The second-order valence-electron chi connectivity index (χ2n) is 7.10. The van der Waals surface area contributed by atoms with E-state index < -0.39 is 12.9 Å². The Bertz CT molecular complexity index is 1390. The minimum Gasteiger partial charge on any atom is -0.494 e. The van der Waals surface area contributed by atoms with E-state index in [2.05, 4.69) is 36.1 Å². The van der Waals surface area contributed by atoms with Crippen LogP contribution in [0.1, 0.15) is 20.3 Å². The number of benzene rings is 1. The molecule has 0 aliphatic heterocycles. The number of hydrogen-bond donors (Lipinski definition) is 3. The number of methoxy groups -OCH3 is 1. The number of rotatable bonds is 7. The van der Waals surface area contributed by atoms with Crippen LogP contribution in [0.25, 0.3) is 11.3 Å². The first-order valence-corrected chi connectivity index (χ1v) is 9.82. The predicted molar refractivity (Wildman–Crippen MR) is 123 cm³/mol. The quantitative estimate of drug-likeness (QED) is 0.386. The molecule has 0 radical (unpaired) electrons. The van der Waals surface area contributed by atoms with E-state index >= 15 is 0 Å². The molecule has 0 bridgehead atoms. The maximum atomic E-state index is 12.7. The molecule has 33 heavy (non-hydrogen) atoms. The number of nitrogens with zero attached hydrogens (tertiary/aromatic N) is 7. The minimum atomic E-state index is -2.71. The highest BCUT2D eigenvalue weighted by Crippen LogP contribution is 2.37. The van der Waals surface area contributed by atoms with Crippen molar-refractivity contribution in [2.24, 2.45) is 14.1 Å². The molecule has 0 aliphatic carbocycles. The van der Waals surface area contributed by atoms with Crippen LogP contribution >= 0.6 is 0 Å². The lowest BCUT2D eigenvalue weighted by Crippen LogP contribution is -2.21. The SMILES string of the molecule is [2H]C([2H])([2H])NC(=O)c1nnc(Nc2cc(C)n(C)n2)cc1Nc1cccc(-c2cnn(C)n2)c1OC. The first-order chi connectivity index (χ1) is 17.0. The zero-order valence-corrected chi connectivity index (χ0v) is 18.4. The van der Waals surface area contributed by atoms with E-state index in [1.165, 1.54) is 18.0 Å². The summed E-state index contributed by atoms with van der Waals surface area (Å²) < 4.78 is 29.5. The van der Waals surface area contributed by atoms with Crippen LogP contribution in [0.5, 0.6) is 5.75 Å². The number of ether oxygens (including phenoxy) is 1. The summed E-state index contributed by atoms with van der Waals surface area (Å²) in [5, 5.41) is 28.9. The molecule has 0 aliphatic rings. The summed E-state index contributed by atoms with van der Waals surface area (Å²) in [6.07, 6.45) is 1.60. The first-order valence-electron chi connectivity index (χ1n) is 11.3. The van der Waals surface area contributed by atoms with Crippen LogP contribution in [0, 0.1) is 6.92 Å². The summed E-state index contributed by atoms with van der Waals surface area (Å²) in [6, 6.07) is 8.68. The summed E-state index contributed by atoms with van der Waals surface area (Å²) in [5.74, 6) is 0.323.